The molecule has 0 radical (unpaired) electrons. The third-order valence-electron chi connectivity index (χ3n) is 5.15. The molecule has 2 aromatic carbocycles. The lowest BCUT2D eigenvalue weighted by atomic mass is 10.1. The van der Waals surface area contributed by atoms with Crippen molar-refractivity contribution in [1.29, 1.82) is 5.26 Å². The summed E-state index contributed by atoms with van der Waals surface area (Å²) in [5.74, 6) is 0.445. The highest BCUT2D eigenvalue weighted by Crippen LogP contribution is 2.40. The van der Waals surface area contributed by atoms with Crippen LogP contribution in [-0.4, -0.2) is 26.5 Å². The van der Waals surface area contributed by atoms with Crippen LogP contribution in [-0.2, 0) is 4.79 Å². The van der Waals surface area contributed by atoms with Gasteiger partial charge in [-0.05, 0) is 36.8 Å². The minimum absolute atomic E-state index is 0.0133. The van der Waals surface area contributed by atoms with E-state index in [1.165, 1.54) is 6.07 Å². The lowest BCUT2D eigenvalue weighted by molar-refractivity contribution is -0.117. The predicted molar refractivity (Wildman–Crippen MR) is 114 cm³/mol. The van der Waals surface area contributed by atoms with E-state index in [4.69, 9.17) is 9.15 Å². The van der Waals surface area contributed by atoms with Crippen LogP contribution < -0.4 is 20.2 Å². The lowest BCUT2D eigenvalue weighted by Crippen LogP contribution is -2.27. The summed E-state index contributed by atoms with van der Waals surface area (Å²) in [5.41, 5.74) is 2.57. The van der Waals surface area contributed by atoms with Crippen LogP contribution in [0.4, 0.5) is 11.4 Å². The highest BCUT2D eigenvalue weighted by atomic mass is 16.5. The molecule has 4 rings (SSSR count). The molecule has 0 aliphatic carbocycles. The zero-order valence-electron chi connectivity index (χ0n) is 16.8. The fraction of sp³-hybridized carbons (Fsp3) is 0.174. The molecule has 0 N–H and O–H groups in total. The number of hydrogen-bond donors (Lipinski definition) is 0. The molecule has 3 aromatic rings. The third kappa shape index (κ3) is 3.18. The summed E-state index contributed by atoms with van der Waals surface area (Å²) >= 11 is 0. The Morgan fingerprint density at radius 1 is 1.10 bits per heavy atom. The van der Waals surface area contributed by atoms with E-state index >= 15 is 0 Å². The van der Waals surface area contributed by atoms with Crippen molar-refractivity contribution in [2.45, 2.75) is 6.92 Å². The van der Waals surface area contributed by atoms with Gasteiger partial charge in [0.15, 0.2) is 6.61 Å². The Bertz CT molecular complexity index is 1270. The first-order valence-electron chi connectivity index (χ1n) is 9.32. The summed E-state index contributed by atoms with van der Waals surface area (Å²) in [6, 6.07) is 16.2. The van der Waals surface area contributed by atoms with E-state index in [1.807, 2.05) is 61.2 Å². The molecule has 7 heteroatoms. The molecule has 0 bridgehead atoms. The van der Waals surface area contributed by atoms with Crippen molar-refractivity contribution in [3.63, 3.8) is 0 Å². The molecule has 150 valence electrons. The maximum absolute atomic E-state index is 12.8. The van der Waals surface area contributed by atoms with E-state index in [0.717, 1.165) is 22.3 Å². The number of anilines is 2. The van der Waals surface area contributed by atoms with Crippen molar-refractivity contribution in [3.8, 4) is 11.8 Å². The Kier molecular flexibility index (Phi) is 4.76. The quantitative estimate of drug-likeness (QED) is 0.376. The average molecular weight is 401 g/mol. The number of ketones is 1. The Balaban J connectivity index is 1.59. The number of para-hydroxylation sites is 2. The number of carbonyl (C=O) groups is 1. The van der Waals surface area contributed by atoms with E-state index in [2.05, 4.69) is 0 Å². The minimum Gasteiger partial charge on any atom is -0.485 e. The van der Waals surface area contributed by atoms with Gasteiger partial charge in [0.2, 0.25) is 5.78 Å². The lowest BCUT2D eigenvalue weighted by Gasteiger charge is -2.20. The van der Waals surface area contributed by atoms with Gasteiger partial charge in [0.1, 0.15) is 28.8 Å². The molecule has 0 unspecified atom stereocenters. The Morgan fingerprint density at radius 3 is 2.40 bits per heavy atom. The molecule has 30 heavy (non-hydrogen) atoms. The van der Waals surface area contributed by atoms with Crippen LogP contribution in [0.15, 0.2) is 69.1 Å². The van der Waals surface area contributed by atoms with Crippen LogP contribution in [0, 0.1) is 18.3 Å². The normalized spacial score (nSPS) is 12.7. The fourth-order valence-corrected chi connectivity index (χ4v) is 3.67. The van der Waals surface area contributed by atoms with Gasteiger partial charge in [0.25, 0.3) is 0 Å². The summed E-state index contributed by atoms with van der Waals surface area (Å²) in [7, 11) is 3.63. The first-order valence-corrected chi connectivity index (χ1v) is 9.32. The molecule has 0 saturated carbocycles. The van der Waals surface area contributed by atoms with Crippen LogP contribution >= 0.6 is 0 Å². The monoisotopic (exact) mass is 401 g/mol. The number of nitriles is 1. The first kappa shape index (κ1) is 19.3. The van der Waals surface area contributed by atoms with E-state index in [-0.39, 0.29) is 12.2 Å². The molecule has 1 aliphatic heterocycles. The van der Waals surface area contributed by atoms with Gasteiger partial charge in [0, 0.05) is 31.6 Å². The molecule has 2 heterocycles. The van der Waals surface area contributed by atoms with Crippen LogP contribution in [0.3, 0.4) is 0 Å². The topological polar surface area (TPSA) is 86.8 Å². The van der Waals surface area contributed by atoms with Gasteiger partial charge in [-0.15, -0.1) is 0 Å². The van der Waals surface area contributed by atoms with Crippen molar-refractivity contribution in [2.24, 2.45) is 0 Å². The van der Waals surface area contributed by atoms with Gasteiger partial charge >= 0.3 is 5.63 Å². The SMILES string of the molecule is Cc1cc(=O)oc2cc(OCC(=O)C(C#N)=C3N(C)c4ccccc4N3C)ccc12. The average Bonchev–Trinajstić information content (AvgIpc) is 2.98. The highest BCUT2D eigenvalue weighted by Gasteiger charge is 2.31. The molecular formula is C23H19N3O4. The largest absolute Gasteiger partial charge is 0.485 e. The summed E-state index contributed by atoms with van der Waals surface area (Å²) in [6.45, 7) is 1.51. The number of ether oxygens (including phenoxy) is 1. The Morgan fingerprint density at radius 2 is 1.77 bits per heavy atom. The maximum atomic E-state index is 12.8. The zero-order valence-corrected chi connectivity index (χ0v) is 16.8. The number of hydrogen-bond acceptors (Lipinski definition) is 7. The predicted octanol–water partition coefficient (Wildman–Crippen LogP) is 3.37. The van der Waals surface area contributed by atoms with E-state index in [9.17, 15) is 14.9 Å². The number of rotatable bonds is 4. The molecular weight excluding hydrogens is 382 g/mol. The summed E-state index contributed by atoms with van der Waals surface area (Å²) in [6.07, 6.45) is 0. The van der Waals surface area contributed by atoms with Crippen LogP contribution in [0.25, 0.3) is 11.0 Å². The maximum Gasteiger partial charge on any atom is 0.336 e. The molecule has 7 nitrogen and oxygen atoms in total. The van der Waals surface area contributed by atoms with Crippen molar-refractivity contribution < 1.29 is 13.9 Å². The zero-order chi connectivity index (χ0) is 21.4. The number of carbonyl (C=O) groups excluding carboxylic acids is 1. The van der Waals surface area contributed by atoms with Gasteiger partial charge in [0.05, 0.1) is 11.4 Å². The first-order chi connectivity index (χ1) is 14.4. The van der Waals surface area contributed by atoms with Gasteiger partial charge in [-0.3, -0.25) is 4.79 Å². The van der Waals surface area contributed by atoms with Gasteiger partial charge < -0.3 is 19.0 Å². The van der Waals surface area contributed by atoms with E-state index < -0.39 is 11.4 Å². The smallest absolute Gasteiger partial charge is 0.336 e. The number of benzene rings is 2. The minimum atomic E-state index is -0.448. The van der Waals surface area contributed by atoms with Crippen molar-refractivity contribution >= 4 is 28.1 Å². The summed E-state index contributed by atoms with van der Waals surface area (Å²) in [4.78, 5) is 28.1. The Hall–Kier alpha value is -4.05. The van der Waals surface area contributed by atoms with Gasteiger partial charge in [-0.1, -0.05) is 12.1 Å². The molecule has 0 amide bonds. The van der Waals surface area contributed by atoms with Crippen LogP contribution in [0.2, 0.25) is 0 Å². The number of aryl methyl sites for hydroxylation is 1. The Labute approximate surface area is 173 Å². The molecule has 0 atom stereocenters. The molecule has 0 fully saturated rings. The molecule has 1 aromatic heterocycles. The second-order valence-electron chi connectivity index (χ2n) is 7.04. The van der Waals surface area contributed by atoms with E-state index in [1.54, 1.807) is 18.2 Å². The number of fused-ring (bicyclic) bond motifs is 2. The summed E-state index contributed by atoms with van der Waals surface area (Å²) in [5, 5.41) is 10.5. The van der Waals surface area contributed by atoms with E-state index in [0.29, 0.717) is 17.2 Å². The molecule has 0 saturated heterocycles. The standard InChI is InChI=1S/C23H19N3O4/c1-14-10-22(28)30-21-11-15(8-9-16(14)21)29-13-20(27)17(12-24)23-25(2)18-6-4-5-7-19(18)26(23)3/h4-11H,13H2,1-3H3. The van der Waals surface area contributed by atoms with Gasteiger partial charge in [-0.2, -0.15) is 5.26 Å². The second kappa shape index (κ2) is 7.41. The second-order valence-corrected chi connectivity index (χ2v) is 7.04. The highest BCUT2D eigenvalue weighted by molar-refractivity contribution is 6.03. The van der Waals surface area contributed by atoms with Crippen molar-refractivity contribution in [1.82, 2.24) is 0 Å². The molecule has 1 aliphatic rings. The van der Waals surface area contributed by atoms with Crippen LogP contribution in [0.5, 0.6) is 5.75 Å². The van der Waals surface area contributed by atoms with Gasteiger partial charge in [-0.25, -0.2) is 4.79 Å². The fourth-order valence-electron chi connectivity index (χ4n) is 3.67. The van der Waals surface area contributed by atoms with Crippen LogP contribution in [0.1, 0.15) is 5.56 Å². The third-order valence-corrected chi connectivity index (χ3v) is 5.15. The molecule has 0 spiro atoms. The summed E-state index contributed by atoms with van der Waals surface area (Å²) < 4.78 is 10.8. The van der Waals surface area contributed by atoms with Crippen molar-refractivity contribution in [3.05, 3.63) is 75.9 Å². The van der Waals surface area contributed by atoms with Crippen molar-refractivity contribution in [2.75, 3.05) is 30.5 Å². The number of nitrogens with zero attached hydrogens (tertiary/aromatic N) is 3. The number of Topliss-reactive ketones (excluding diaryl/α,β-unsaturated/α-hetero) is 1.